The van der Waals surface area contributed by atoms with Gasteiger partial charge in [-0.1, -0.05) is 20.1 Å². The summed E-state index contributed by atoms with van der Waals surface area (Å²) in [5.41, 5.74) is -1.77. The van der Waals surface area contributed by atoms with Crippen LogP contribution in [0.5, 0.6) is 0 Å². The fourth-order valence-electron chi connectivity index (χ4n) is 6.25. The van der Waals surface area contributed by atoms with Crippen molar-refractivity contribution in [3.8, 4) is 0 Å². The lowest BCUT2D eigenvalue weighted by molar-refractivity contribution is -0.692. The summed E-state index contributed by atoms with van der Waals surface area (Å²) in [5.74, 6) is 0. The predicted molar refractivity (Wildman–Crippen MR) is 357 cm³/mol. The van der Waals surface area contributed by atoms with E-state index in [-0.39, 0.29) is 91.6 Å². The van der Waals surface area contributed by atoms with Crippen LogP contribution in [0.15, 0.2) is 65.2 Å². The van der Waals surface area contributed by atoms with Gasteiger partial charge < -0.3 is 165 Å². The fourth-order valence-corrected chi connectivity index (χ4v) is 12.3. The van der Waals surface area contributed by atoms with E-state index in [0.717, 1.165) is 12.5 Å². The van der Waals surface area contributed by atoms with Gasteiger partial charge in [-0.05, 0) is 59.0 Å². The number of ether oxygens (including phenoxy) is 6. The first-order chi connectivity index (χ1) is 50.5. The van der Waals surface area contributed by atoms with Crippen molar-refractivity contribution in [3.05, 3.63) is 65.2 Å². The van der Waals surface area contributed by atoms with Crippen LogP contribution in [0.3, 0.4) is 0 Å². The van der Waals surface area contributed by atoms with Crippen LogP contribution < -0.4 is 49.8 Å². The minimum absolute atomic E-state index is 0.00639. The Kier molecular flexibility index (Phi) is 76.0. The maximum Gasteiger partial charge on any atom is 0.268 e. The molecular weight excluding hydrogens is 1620 g/mol. The Morgan fingerprint density at radius 2 is 0.626 bits per heavy atom. The summed E-state index contributed by atoms with van der Waals surface area (Å²) in [5, 5.41) is 44.9. The first kappa shape index (κ1) is 114. The van der Waals surface area contributed by atoms with Crippen molar-refractivity contribution in [1.82, 2.24) is 10.6 Å². The van der Waals surface area contributed by atoms with Gasteiger partial charge in [0.1, 0.15) is 20.1 Å². The molecule has 47 nitrogen and oxygen atoms in total. The summed E-state index contributed by atoms with van der Waals surface area (Å²) in [6.45, 7) is 12.9. The molecule has 0 fully saturated rings. The van der Waals surface area contributed by atoms with Crippen LogP contribution >= 0.6 is 62.4 Å². The van der Waals surface area contributed by atoms with Gasteiger partial charge in [-0.15, -0.1) is 39.5 Å². The van der Waals surface area contributed by atoms with Crippen LogP contribution in [0.1, 0.15) is 51.9 Å². The van der Waals surface area contributed by atoms with Gasteiger partial charge in [-0.25, -0.2) is 0 Å². The molecule has 0 aromatic heterocycles. The highest BCUT2D eigenvalue weighted by Gasteiger charge is 2.35. The minimum atomic E-state index is -5.37. The van der Waals surface area contributed by atoms with Gasteiger partial charge in [0.05, 0.1) is 169 Å². The zero-order chi connectivity index (χ0) is 82.5. The lowest BCUT2D eigenvalue weighted by Crippen LogP contribution is -2.42. The van der Waals surface area contributed by atoms with E-state index < -0.39 is 205 Å². The minimum Gasteiger partial charge on any atom is -0.779 e. The van der Waals surface area contributed by atoms with Crippen molar-refractivity contribution in [2.45, 2.75) is 70.2 Å². The number of rotatable bonds is 74. The summed E-state index contributed by atoms with van der Waals surface area (Å²) < 4.78 is 201. The van der Waals surface area contributed by atoms with Crippen LogP contribution in [-0.4, -0.2) is 233 Å². The molecule has 0 bridgehead atoms. The molecule has 11 unspecified atom stereocenters. The quantitative estimate of drug-likeness (QED) is 0.0105. The predicted octanol–water partition coefficient (Wildman–Crippen LogP) is 0.393. The second-order valence-electron chi connectivity index (χ2n) is 19.3. The summed E-state index contributed by atoms with van der Waals surface area (Å²) in [6.07, 6.45) is -1.83. The molecule has 55 heteroatoms. The molecule has 0 saturated carbocycles. The number of aliphatic hydroxyl groups excluding tert-OH is 3. The first-order valence-corrected chi connectivity index (χ1v) is 43.6. The third-order valence-electron chi connectivity index (χ3n) is 10.5. The zero-order valence-corrected chi connectivity index (χ0v) is 67.3. The number of hydrogen-bond acceptors (Lipinski definition) is 47. The van der Waals surface area contributed by atoms with Crippen LogP contribution in [0, 0.1) is 5.41 Å². The standard InChI is InChI=1S/C42H96N2O40P8.C4H6O5.3C2H4/c1-5-12-64-19-9-39(30-45)82-90(58,59)78-27-24-74-86(50,51)71-16-6-13-65-33-42(36-81-89(56,57)77-23-22-70-85(4,48)49,34-66-14-7-17-72-87(52,53)75-25-28-79-91(60,61)83-40(31-46)10-20-68-37-43-2)35-67-15-8-18-73-88(54,55)76-26-29-80-92(62,63)84-41(32-47)11-21-69-38-44-3;1-3-5-7-9-8-6-4-2;3*1-2/h39-41,43-47H,5-38H2,1-4H3,(H,48,49)(H,50,51)(H,52,53)(H,54,55)(H,56,57)(H,58,59)(H,60,61)(H,62,63);3-4H,1-2H2;3*1-2H2/p-8. The number of phosphoric acid groups is 7. The summed E-state index contributed by atoms with van der Waals surface area (Å²) >= 11 is 0. The van der Waals surface area contributed by atoms with Crippen molar-refractivity contribution >= 4 is 62.4 Å². The molecule has 0 heterocycles. The van der Waals surface area contributed by atoms with Crippen LogP contribution in [0.4, 0.5) is 0 Å². The lowest BCUT2D eigenvalue weighted by atomic mass is 9.92. The molecule has 107 heavy (non-hydrogen) atoms. The van der Waals surface area contributed by atoms with E-state index >= 15 is 0 Å². The molecule has 0 amide bonds. The Hall–Kier alpha value is -1.34. The fraction of sp³-hybridized carbons (Fsp3) is 0.808. The second-order valence-corrected chi connectivity index (χ2v) is 30.8. The molecule has 5 N–H and O–H groups in total. The SMILES string of the molecule is C=C.C=C.C=C.C=COOOOOC=C.CCCOCCC(CO)OP(=O)([O-])OCCOP(=O)([O-])OCCCOCC(COCCCOP(=O)([O-])OCCOP(=O)([O-])OC(CO)CCOCNC)(COCCCOP(=O)([O-])OCCOP(=O)([O-])OC(CO)CCOCNC)COP(=O)([O-])OCCOP(C)(=O)[O-]. The summed E-state index contributed by atoms with van der Waals surface area (Å²) in [7, 11) is -37.1. The molecule has 642 valence electrons. The molecular formula is C52H106N2O45P8-8. The van der Waals surface area contributed by atoms with E-state index in [1.807, 2.05) is 6.92 Å². The average Bonchev–Trinajstić information content (AvgIpc) is 0.848. The maximum absolute atomic E-state index is 12.9. The van der Waals surface area contributed by atoms with Crippen molar-refractivity contribution in [3.63, 3.8) is 0 Å². The van der Waals surface area contributed by atoms with E-state index in [0.29, 0.717) is 19.7 Å². The highest BCUT2D eigenvalue weighted by Crippen LogP contribution is 2.46. The maximum atomic E-state index is 12.9. The number of aliphatic hydroxyl groups is 3. The number of hydrogen-bond donors (Lipinski definition) is 5. The molecule has 0 radical (unpaired) electrons. The van der Waals surface area contributed by atoms with Gasteiger partial charge in [0, 0.05) is 54.8 Å². The van der Waals surface area contributed by atoms with Crippen molar-refractivity contribution < 1.29 is 212 Å². The Morgan fingerprint density at radius 1 is 0.355 bits per heavy atom. The van der Waals surface area contributed by atoms with Gasteiger partial charge >= 0.3 is 0 Å². The normalized spacial score (nSPS) is 17.3. The van der Waals surface area contributed by atoms with Gasteiger partial charge in [0.2, 0.25) is 0 Å². The molecule has 0 aliphatic rings. The Bertz CT molecular complexity index is 2330. The van der Waals surface area contributed by atoms with Gasteiger partial charge in [-0.2, -0.15) is 0 Å². The van der Waals surface area contributed by atoms with E-state index in [9.17, 15) is 91.0 Å². The first-order valence-electron chi connectivity index (χ1n) is 31.4. The molecule has 11 atom stereocenters. The molecule has 0 rings (SSSR count). The Morgan fingerprint density at radius 3 is 0.897 bits per heavy atom. The van der Waals surface area contributed by atoms with E-state index in [4.69, 9.17) is 64.6 Å². The van der Waals surface area contributed by atoms with Gasteiger partial charge in [0.25, 0.3) is 54.8 Å². The third kappa shape index (κ3) is 77.0. The van der Waals surface area contributed by atoms with E-state index in [1.54, 1.807) is 14.1 Å². The third-order valence-corrected chi connectivity index (χ3v) is 18.3. The summed E-state index contributed by atoms with van der Waals surface area (Å²) in [4.78, 5) is 106. The Balaban J connectivity index is -0.00000210. The topological polar surface area (TPSA) is 646 Å². The Labute approximate surface area is 623 Å². The summed E-state index contributed by atoms with van der Waals surface area (Å²) in [6, 6.07) is 0. The molecule has 0 spiro atoms. The van der Waals surface area contributed by atoms with Crippen molar-refractivity contribution in [2.24, 2.45) is 5.41 Å². The zero-order valence-electron chi connectivity index (χ0n) is 60.2. The smallest absolute Gasteiger partial charge is 0.268 e. The van der Waals surface area contributed by atoms with Crippen molar-refractivity contribution in [1.29, 1.82) is 0 Å². The van der Waals surface area contributed by atoms with Crippen LogP contribution in [0.25, 0.3) is 0 Å². The largest absolute Gasteiger partial charge is 0.779 e. The highest BCUT2D eigenvalue weighted by molar-refractivity contribution is 7.50. The van der Waals surface area contributed by atoms with Crippen LogP contribution in [0.2, 0.25) is 0 Å². The van der Waals surface area contributed by atoms with E-state index in [2.05, 4.69) is 120 Å². The average molecular weight is 1730 g/mol. The van der Waals surface area contributed by atoms with Crippen LogP contribution in [-0.2, 0) is 158 Å². The lowest BCUT2D eigenvalue weighted by Gasteiger charge is -2.35. The van der Waals surface area contributed by atoms with Gasteiger partial charge in [-0.3, -0.25) is 42.6 Å². The number of nitrogens with one attached hydrogen (secondary N) is 2. The molecule has 0 aliphatic heterocycles. The van der Waals surface area contributed by atoms with E-state index in [1.165, 1.54) is 0 Å². The monoisotopic (exact) mass is 1730 g/mol. The second kappa shape index (κ2) is 71.2. The highest BCUT2D eigenvalue weighted by atomic mass is 31.2. The van der Waals surface area contributed by atoms with Gasteiger partial charge in [0.15, 0.2) is 0 Å². The van der Waals surface area contributed by atoms with Crippen molar-refractivity contribution in [2.75, 3.05) is 199 Å². The molecule has 0 saturated heterocycles. The number of phosphoric ester groups is 7. The molecule has 0 aromatic rings. The molecule has 0 aliphatic carbocycles. The molecule has 0 aromatic carbocycles.